The summed E-state index contributed by atoms with van der Waals surface area (Å²) in [6, 6.07) is 2.00. The molecule has 0 atom stereocenters. The first kappa shape index (κ1) is 8.30. The van der Waals surface area contributed by atoms with Gasteiger partial charge in [-0.15, -0.1) is 0 Å². The van der Waals surface area contributed by atoms with Gasteiger partial charge in [-0.1, -0.05) is 6.08 Å². The highest BCUT2D eigenvalue weighted by Gasteiger charge is 2.11. The van der Waals surface area contributed by atoms with Crippen LogP contribution in [-0.4, -0.2) is 12.1 Å². The number of nitrogens with zero attached hydrogens (tertiary/aromatic N) is 1. The fraction of sp³-hybridized carbons (Fsp3) is 0.364. The summed E-state index contributed by atoms with van der Waals surface area (Å²) in [7, 11) is 1.72. The van der Waals surface area contributed by atoms with Crippen molar-refractivity contribution in [3.63, 3.8) is 0 Å². The van der Waals surface area contributed by atoms with Gasteiger partial charge in [-0.3, -0.25) is 4.98 Å². The minimum absolute atomic E-state index is 0.979. The highest BCUT2D eigenvalue weighted by Crippen LogP contribution is 2.27. The van der Waals surface area contributed by atoms with E-state index in [9.17, 15) is 0 Å². The summed E-state index contributed by atoms with van der Waals surface area (Å²) in [5.41, 5.74) is 3.33. The van der Waals surface area contributed by atoms with Crippen LogP contribution in [0.25, 0.3) is 6.08 Å². The third kappa shape index (κ3) is 1.44. The van der Waals surface area contributed by atoms with Gasteiger partial charge in [-0.05, 0) is 25.8 Å². The lowest BCUT2D eigenvalue weighted by Crippen LogP contribution is -2.02. The van der Waals surface area contributed by atoms with Gasteiger partial charge in [0.25, 0.3) is 0 Å². The van der Waals surface area contributed by atoms with Gasteiger partial charge in [0.2, 0.25) is 0 Å². The molecule has 1 aromatic heterocycles. The zero-order valence-electron chi connectivity index (χ0n) is 8.00. The minimum Gasteiger partial charge on any atom is -0.496 e. The summed E-state index contributed by atoms with van der Waals surface area (Å²) in [4.78, 5) is 4.46. The number of allylic oxidation sites excluding steroid dienone is 1. The zero-order chi connectivity index (χ0) is 9.26. The van der Waals surface area contributed by atoms with Crippen molar-refractivity contribution < 1.29 is 4.74 Å². The van der Waals surface area contributed by atoms with E-state index in [4.69, 9.17) is 4.74 Å². The van der Waals surface area contributed by atoms with E-state index >= 15 is 0 Å². The normalized spacial score (nSPS) is 14.0. The molecule has 0 saturated heterocycles. The lowest BCUT2D eigenvalue weighted by atomic mass is 10.0. The Morgan fingerprint density at radius 2 is 2.31 bits per heavy atom. The lowest BCUT2D eigenvalue weighted by molar-refractivity contribution is 0.408. The van der Waals surface area contributed by atoms with Crippen molar-refractivity contribution in [3.8, 4) is 5.75 Å². The van der Waals surface area contributed by atoms with Gasteiger partial charge in [0.1, 0.15) is 5.75 Å². The average Bonchev–Trinajstić information content (AvgIpc) is 2.16. The van der Waals surface area contributed by atoms with Gasteiger partial charge < -0.3 is 4.74 Å². The maximum absolute atomic E-state index is 5.32. The first-order chi connectivity index (χ1) is 6.31. The van der Waals surface area contributed by atoms with E-state index in [1.54, 1.807) is 7.11 Å². The van der Waals surface area contributed by atoms with Crippen molar-refractivity contribution >= 4 is 6.08 Å². The molecule has 0 bridgehead atoms. The molecule has 2 rings (SSSR count). The fourth-order valence-electron chi connectivity index (χ4n) is 1.69. The summed E-state index contributed by atoms with van der Waals surface area (Å²) in [6.07, 6.45) is 6.37. The standard InChI is InChI=1S/C11H13NO/c1-8-7-11(13-2)9-5-3-4-6-10(9)12-8/h4,6-7H,3,5H2,1-2H3. The van der Waals surface area contributed by atoms with Crippen molar-refractivity contribution in [1.29, 1.82) is 0 Å². The Morgan fingerprint density at radius 1 is 1.46 bits per heavy atom. The van der Waals surface area contributed by atoms with Crippen LogP contribution in [0.4, 0.5) is 0 Å². The number of rotatable bonds is 1. The maximum Gasteiger partial charge on any atom is 0.126 e. The molecule has 1 heterocycles. The summed E-state index contributed by atoms with van der Waals surface area (Å²) in [5, 5.41) is 0. The summed E-state index contributed by atoms with van der Waals surface area (Å²) < 4.78 is 5.32. The Morgan fingerprint density at radius 3 is 3.08 bits per heavy atom. The number of pyridine rings is 1. The molecule has 1 aliphatic rings. The number of aryl methyl sites for hydroxylation is 1. The van der Waals surface area contributed by atoms with Crippen LogP contribution < -0.4 is 4.74 Å². The van der Waals surface area contributed by atoms with E-state index in [2.05, 4.69) is 17.1 Å². The largest absolute Gasteiger partial charge is 0.496 e. The molecule has 68 valence electrons. The Hall–Kier alpha value is -1.31. The van der Waals surface area contributed by atoms with Crippen molar-refractivity contribution in [2.24, 2.45) is 0 Å². The molecule has 0 aromatic carbocycles. The highest BCUT2D eigenvalue weighted by atomic mass is 16.5. The van der Waals surface area contributed by atoms with Crippen LogP contribution in [-0.2, 0) is 6.42 Å². The highest BCUT2D eigenvalue weighted by molar-refractivity contribution is 5.57. The smallest absolute Gasteiger partial charge is 0.126 e. The van der Waals surface area contributed by atoms with Gasteiger partial charge in [0, 0.05) is 17.3 Å². The molecular formula is C11H13NO. The van der Waals surface area contributed by atoms with Crippen LogP contribution >= 0.6 is 0 Å². The molecule has 2 nitrogen and oxygen atoms in total. The van der Waals surface area contributed by atoms with E-state index in [1.165, 1.54) is 5.56 Å². The second kappa shape index (κ2) is 3.21. The third-order valence-corrected chi connectivity index (χ3v) is 2.30. The van der Waals surface area contributed by atoms with Crippen LogP contribution in [0.5, 0.6) is 5.75 Å². The van der Waals surface area contributed by atoms with Gasteiger partial charge in [-0.25, -0.2) is 0 Å². The molecule has 0 fully saturated rings. The number of fused-ring (bicyclic) bond motifs is 1. The minimum atomic E-state index is 0.979. The number of methoxy groups -OCH3 is 1. The van der Waals surface area contributed by atoms with Crippen molar-refractivity contribution in [3.05, 3.63) is 29.1 Å². The maximum atomic E-state index is 5.32. The van der Waals surface area contributed by atoms with Crippen molar-refractivity contribution in [2.45, 2.75) is 19.8 Å². The van der Waals surface area contributed by atoms with E-state index < -0.39 is 0 Å². The quantitative estimate of drug-likeness (QED) is 0.653. The molecular weight excluding hydrogens is 162 g/mol. The van der Waals surface area contributed by atoms with E-state index in [1.807, 2.05) is 13.0 Å². The summed E-state index contributed by atoms with van der Waals surface area (Å²) in [6.45, 7) is 1.99. The molecule has 0 N–H and O–H groups in total. The van der Waals surface area contributed by atoms with E-state index in [-0.39, 0.29) is 0 Å². The summed E-state index contributed by atoms with van der Waals surface area (Å²) >= 11 is 0. The second-order valence-corrected chi connectivity index (χ2v) is 3.27. The van der Waals surface area contributed by atoms with Crippen LogP contribution in [0.3, 0.4) is 0 Å². The zero-order valence-corrected chi connectivity index (χ0v) is 8.00. The van der Waals surface area contributed by atoms with Gasteiger partial charge in [0.05, 0.1) is 12.8 Å². The first-order valence-electron chi connectivity index (χ1n) is 4.52. The van der Waals surface area contributed by atoms with E-state index in [0.717, 1.165) is 30.0 Å². The molecule has 1 aliphatic carbocycles. The van der Waals surface area contributed by atoms with E-state index in [0.29, 0.717) is 0 Å². The van der Waals surface area contributed by atoms with Crippen LogP contribution in [0.1, 0.15) is 23.4 Å². The monoisotopic (exact) mass is 175 g/mol. The molecule has 0 unspecified atom stereocenters. The van der Waals surface area contributed by atoms with Gasteiger partial charge in [-0.2, -0.15) is 0 Å². The molecule has 0 saturated carbocycles. The number of hydrogen-bond donors (Lipinski definition) is 0. The molecule has 0 aliphatic heterocycles. The first-order valence-corrected chi connectivity index (χ1v) is 4.52. The molecule has 0 amide bonds. The number of aromatic nitrogens is 1. The van der Waals surface area contributed by atoms with Crippen LogP contribution in [0, 0.1) is 6.92 Å². The van der Waals surface area contributed by atoms with Crippen molar-refractivity contribution in [2.75, 3.05) is 7.11 Å². The Balaban J connectivity index is 2.58. The molecule has 13 heavy (non-hydrogen) atoms. The SMILES string of the molecule is COc1cc(C)nc2c1CCC=C2. The number of hydrogen-bond acceptors (Lipinski definition) is 2. The summed E-state index contributed by atoms with van der Waals surface area (Å²) in [5.74, 6) is 0.979. The predicted molar refractivity (Wildman–Crippen MR) is 52.9 cm³/mol. The third-order valence-electron chi connectivity index (χ3n) is 2.30. The van der Waals surface area contributed by atoms with Gasteiger partial charge >= 0.3 is 0 Å². The molecule has 0 spiro atoms. The van der Waals surface area contributed by atoms with Gasteiger partial charge in [0.15, 0.2) is 0 Å². The lowest BCUT2D eigenvalue weighted by Gasteiger charge is -2.14. The fourth-order valence-corrected chi connectivity index (χ4v) is 1.69. The van der Waals surface area contributed by atoms with Crippen LogP contribution in [0.15, 0.2) is 12.1 Å². The second-order valence-electron chi connectivity index (χ2n) is 3.27. The Labute approximate surface area is 78.3 Å². The Kier molecular flexibility index (Phi) is 2.05. The predicted octanol–water partition coefficient (Wildman–Crippen LogP) is 2.36. The number of ether oxygens (including phenoxy) is 1. The molecule has 0 radical (unpaired) electrons. The van der Waals surface area contributed by atoms with Crippen LogP contribution in [0.2, 0.25) is 0 Å². The Bertz CT molecular complexity index is 355. The topological polar surface area (TPSA) is 22.1 Å². The average molecular weight is 175 g/mol. The molecule has 1 aromatic rings. The van der Waals surface area contributed by atoms with Crippen molar-refractivity contribution in [1.82, 2.24) is 4.98 Å². The molecule has 2 heteroatoms.